The van der Waals surface area contributed by atoms with Crippen molar-refractivity contribution < 1.29 is 23.8 Å². The summed E-state index contributed by atoms with van der Waals surface area (Å²) in [5, 5.41) is 8.90. The molecular formula is C18H15FO4. The van der Waals surface area contributed by atoms with Crippen LogP contribution in [0.1, 0.15) is 21.5 Å². The summed E-state index contributed by atoms with van der Waals surface area (Å²) in [6.07, 6.45) is 2.39. The SMILES string of the molecule is COc1ccc(C(=O)/C=C/c2ccccc2F)cc1CC(=O)O. The van der Waals surface area contributed by atoms with E-state index in [9.17, 15) is 14.0 Å². The lowest BCUT2D eigenvalue weighted by atomic mass is 10.0. The van der Waals surface area contributed by atoms with E-state index < -0.39 is 11.8 Å². The lowest BCUT2D eigenvalue weighted by Crippen LogP contribution is -2.04. The number of benzene rings is 2. The molecule has 1 N–H and O–H groups in total. The molecule has 0 aliphatic carbocycles. The Morgan fingerprint density at radius 2 is 1.96 bits per heavy atom. The van der Waals surface area contributed by atoms with Crippen molar-refractivity contribution in [3.05, 3.63) is 71.0 Å². The van der Waals surface area contributed by atoms with Crippen molar-refractivity contribution in [1.29, 1.82) is 0 Å². The smallest absolute Gasteiger partial charge is 0.307 e. The third kappa shape index (κ3) is 4.26. The van der Waals surface area contributed by atoms with Gasteiger partial charge in [-0.25, -0.2) is 4.39 Å². The Labute approximate surface area is 132 Å². The van der Waals surface area contributed by atoms with Crippen molar-refractivity contribution >= 4 is 17.8 Å². The van der Waals surface area contributed by atoms with Gasteiger partial charge in [0.1, 0.15) is 11.6 Å². The number of halogens is 1. The predicted molar refractivity (Wildman–Crippen MR) is 84.1 cm³/mol. The zero-order chi connectivity index (χ0) is 16.8. The molecule has 0 aliphatic rings. The topological polar surface area (TPSA) is 63.6 Å². The van der Waals surface area contributed by atoms with Crippen LogP contribution in [-0.2, 0) is 11.2 Å². The number of ether oxygens (including phenoxy) is 1. The van der Waals surface area contributed by atoms with E-state index >= 15 is 0 Å². The highest BCUT2D eigenvalue weighted by atomic mass is 19.1. The molecule has 0 aliphatic heterocycles. The van der Waals surface area contributed by atoms with Gasteiger partial charge in [0.15, 0.2) is 5.78 Å². The second-order valence-corrected chi connectivity index (χ2v) is 4.82. The van der Waals surface area contributed by atoms with E-state index in [1.807, 2.05) is 0 Å². The fourth-order valence-corrected chi connectivity index (χ4v) is 2.10. The zero-order valence-electron chi connectivity index (χ0n) is 12.5. The number of hydrogen-bond donors (Lipinski definition) is 1. The Bertz CT molecular complexity index is 765. The maximum atomic E-state index is 13.5. The van der Waals surface area contributed by atoms with E-state index in [2.05, 4.69) is 0 Å². The first kappa shape index (κ1) is 16.4. The molecule has 2 aromatic rings. The van der Waals surface area contributed by atoms with Crippen LogP contribution in [0.25, 0.3) is 6.08 Å². The molecule has 0 saturated carbocycles. The molecule has 2 aromatic carbocycles. The molecule has 0 amide bonds. The summed E-state index contributed by atoms with van der Waals surface area (Å²) in [5.74, 6) is -1.38. The first-order valence-corrected chi connectivity index (χ1v) is 6.87. The van der Waals surface area contributed by atoms with Crippen molar-refractivity contribution in [1.82, 2.24) is 0 Å². The van der Waals surface area contributed by atoms with Gasteiger partial charge in [0.25, 0.3) is 0 Å². The van der Waals surface area contributed by atoms with Gasteiger partial charge in [0, 0.05) is 16.7 Å². The molecule has 5 heteroatoms. The Hall–Kier alpha value is -2.95. The van der Waals surface area contributed by atoms with Crippen LogP contribution < -0.4 is 4.74 Å². The summed E-state index contributed by atoms with van der Waals surface area (Å²) in [7, 11) is 1.43. The molecule has 23 heavy (non-hydrogen) atoms. The van der Waals surface area contributed by atoms with Crippen LogP contribution in [-0.4, -0.2) is 24.0 Å². The Morgan fingerprint density at radius 1 is 1.22 bits per heavy atom. The summed E-state index contributed by atoms with van der Waals surface area (Å²) < 4.78 is 18.6. The number of aliphatic carboxylic acids is 1. The predicted octanol–water partition coefficient (Wildman–Crippen LogP) is 3.36. The molecule has 0 bridgehead atoms. The van der Waals surface area contributed by atoms with Crippen LogP contribution in [0.5, 0.6) is 5.75 Å². The molecule has 0 spiro atoms. The van der Waals surface area contributed by atoms with Gasteiger partial charge >= 0.3 is 5.97 Å². The van der Waals surface area contributed by atoms with Gasteiger partial charge in [-0.2, -0.15) is 0 Å². The average Bonchev–Trinajstić information content (AvgIpc) is 2.53. The molecule has 0 heterocycles. The first-order chi connectivity index (χ1) is 11.0. The highest BCUT2D eigenvalue weighted by Crippen LogP contribution is 2.21. The van der Waals surface area contributed by atoms with Gasteiger partial charge in [-0.3, -0.25) is 9.59 Å². The number of carboxylic acids is 1. The minimum absolute atomic E-state index is 0.249. The third-order valence-electron chi connectivity index (χ3n) is 3.23. The van der Waals surface area contributed by atoms with Crippen LogP contribution in [0.15, 0.2) is 48.5 Å². The molecule has 0 radical (unpaired) electrons. The monoisotopic (exact) mass is 314 g/mol. The maximum Gasteiger partial charge on any atom is 0.307 e. The number of carboxylic acid groups (broad SMARTS) is 1. The molecule has 0 unspecified atom stereocenters. The standard InChI is InChI=1S/C18H15FO4/c1-23-17-9-7-13(10-14(17)11-18(21)22)16(20)8-6-12-4-2-3-5-15(12)19/h2-10H,11H2,1H3,(H,21,22)/b8-6+. The van der Waals surface area contributed by atoms with Crippen molar-refractivity contribution in [2.75, 3.05) is 7.11 Å². The molecule has 0 saturated heterocycles. The molecular weight excluding hydrogens is 299 g/mol. The van der Waals surface area contributed by atoms with Crippen molar-refractivity contribution in [2.24, 2.45) is 0 Å². The number of rotatable bonds is 6. The normalized spacial score (nSPS) is 10.7. The zero-order valence-corrected chi connectivity index (χ0v) is 12.5. The summed E-state index contributed by atoms with van der Waals surface area (Å²) in [5.41, 5.74) is 1.03. The van der Waals surface area contributed by atoms with Crippen LogP contribution in [0.3, 0.4) is 0 Å². The Kier molecular flexibility index (Phi) is 5.25. The largest absolute Gasteiger partial charge is 0.496 e. The molecule has 0 aromatic heterocycles. The van der Waals surface area contributed by atoms with E-state index in [0.717, 1.165) is 0 Å². The summed E-state index contributed by atoms with van der Waals surface area (Å²) in [6.45, 7) is 0. The number of hydrogen-bond acceptors (Lipinski definition) is 3. The molecule has 0 fully saturated rings. The van der Waals surface area contributed by atoms with Gasteiger partial charge in [-0.15, -0.1) is 0 Å². The van der Waals surface area contributed by atoms with Crippen LogP contribution in [0.2, 0.25) is 0 Å². The number of allylic oxidation sites excluding steroid dienone is 1. The molecule has 0 atom stereocenters. The average molecular weight is 314 g/mol. The second kappa shape index (κ2) is 7.35. The molecule has 2 rings (SSSR count). The van der Waals surface area contributed by atoms with Crippen molar-refractivity contribution in [3.63, 3.8) is 0 Å². The highest BCUT2D eigenvalue weighted by Gasteiger charge is 2.11. The van der Waals surface area contributed by atoms with Gasteiger partial charge in [0.2, 0.25) is 0 Å². The van der Waals surface area contributed by atoms with Crippen LogP contribution >= 0.6 is 0 Å². The lowest BCUT2D eigenvalue weighted by molar-refractivity contribution is -0.136. The minimum Gasteiger partial charge on any atom is -0.496 e. The van der Waals surface area contributed by atoms with Gasteiger partial charge < -0.3 is 9.84 Å². The van der Waals surface area contributed by atoms with Gasteiger partial charge in [-0.05, 0) is 36.4 Å². The van der Waals surface area contributed by atoms with E-state index in [1.54, 1.807) is 24.3 Å². The fourth-order valence-electron chi connectivity index (χ4n) is 2.10. The van der Waals surface area contributed by atoms with E-state index in [4.69, 9.17) is 9.84 Å². The lowest BCUT2D eigenvalue weighted by Gasteiger charge is -2.08. The molecule has 4 nitrogen and oxygen atoms in total. The van der Waals surface area contributed by atoms with E-state index in [0.29, 0.717) is 22.4 Å². The van der Waals surface area contributed by atoms with Crippen molar-refractivity contribution in [2.45, 2.75) is 6.42 Å². The second-order valence-electron chi connectivity index (χ2n) is 4.82. The maximum absolute atomic E-state index is 13.5. The number of carbonyl (C=O) groups is 2. The number of carbonyl (C=O) groups excluding carboxylic acids is 1. The van der Waals surface area contributed by atoms with Gasteiger partial charge in [-0.1, -0.05) is 18.2 Å². The summed E-state index contributed by atoms with van der Waals surface area (Å²) in [6, 6.07) is 10.7. The summed E-state index contributed by atoms with van der Waals surface area (Å²) in [4.78, 5) is 23.0. The molecule has 118 valence electrons. The highest BCUT2D eigenvalue weighted by molar-refractivity contribution is 6.07. The number of ketones is 1. The minimum atomic E-state index is -1.02. The van der Waals surface area contributed by atoms with Gasteiger partial charge in [0.05, 0.1) is 13.5 Å². The quantitative estimate of drug-likeness (QED) is 0.656. The van der Waals surface area contributed by atoms with Crippen molar-refractivity contribution in [3.8, 4) is 5.75 Å². The third-order valence-corrected chi connectivity index (χ3v) is 3.23. The number of methoxy groups -OCH3 is 1. The first-order valence-electron chi connectivity index (χ1n) is 6.87. The van der Waals surface area contributed by atoms with E-state index in [1.165, 1.54) is 37.5 Å². The Balaban J connectivity index is 2.25. The van der Waals surface area contributed by atoms with E-state index in [-0.39, 0.29) is 12.2 Å². The van der Waals surface area contributed by atoms with Crippen LogP contribution in [0.4, 0.5) is 4.39 Å². The van der Waals surface area contributed by atoms with Crippen LogP contribution in [0, 0.1) is 5.82 Å². The summed E-state index contributed by atoms with van der Waals surface area (Å²) >= 11 is 0. The Morgan fingerprint density at radius 3 is 2.61 bits per heavy atom. The fraction of sp³-hybridized carbons (Fsp3) is 0.111.